The van der Waals surface area contributed by atoms with E-state index in [0.29, 0.717) is 23.5 Å². The average molecular weight is 332 g/mol. The molecule has 3 aliphatic rings. The van der Waals surface area contributed by atoms with Crippen molar-refractivity contribution >= 4 is 5.91 Å². The van der Waals surface area contributed by atoms with E-state index in [4.69, 9.17) is 4.52 Å². The molecule has 6 heteroatoms. The van der Waals surface area contributed by atoms with Gasteiger partial charge in [-0.25, -0.2) is 0 Å². The van der Waals surface area contributed by atoms with Crippen LogP contribution in [-0.2, 0) is 4.79 Å². The third kappa shape index (κ3) is 3.08. The van der Waals surface area contributed by atoms with Crippen LogP contribution in [0.4, 0.5) is 0 Å². The summed E-state index contributed by atoms with van der Waals surface area (Å²) in [5.41, 5.74) is -0.0474. The van der Waals surface area contributed by atoms with E-state index in [1.807, 2.05) is 6.92 Å². The van der Waals surface area contributed by atoms with E-state index >= 15 is 0 Å². The summed E-state index contributed by atoms with van der Waals surface area (Å²) in [6, 6.07) is 0.253. The van der Waals surface area contributed by atoms with Gasteiger partial charge in [-0.3, -0.25) is 4.79 Å². The number of hydrogen-bond acceptors (Lipinski definition) is 5. The summed E-state index contributed by atoms with van der Waals surface area (Å²) in [6.07, 6.45) is 8.22. The molecule has 3 fully saturated rings. The van der Waals surface area contributed by atoms with Gasteiger partial charge >= 0.3 is 0 Å². The first-order chi connectivity index (χ1) is 11.6. The molecule has 0 aliphatic heterocycles. The maximum atomic E-state index is 12.9. The average Bonchev–Trinajstić information content (AvgIpc) is 3.01. The van der Waals surface area contributed by atoms with Crippen molar-refractivity contribution < 1.29 is 9.32 Å². The van der Waals surface area contributed by atoms with Gasteiger partial charge in [-0.05, 0) is 63.7 Å². The Bertz CT molecular complexity index is 602. The van der Waals surface area contributed by atoms with Crippen LogP contribution in [0.5, 0.6) is 0 Å². The Morgan fingerprint density at radius 3 is 2.62 bits per heavy atom. The molecule has 4 rings (SSSR count). The number of carbonyl (C=O) groups is 1. The van der Waals surface area contributed by atoms with Crippen molar-refractivity contribution in [1.29, 1.82) is 0 Å². The van der Waals surface area contributed by atoms with Crippen LogP contribution in [-0.4, -0.2) is 28.6 Å². The fourth-order valence-electron chi connectivity index (χ4n) is 4.55. The molecule has 1 aromatic heterocycles. The van der Waals surface area contributed by atoms with Crippen molar-refractivity contribution in [3.05, 3.63) is 11.7 Å². The molecule has 0 unspecified atom stereocenters. The zero-order chi connectivity index (χ0) is 16.7. The van der Waals surface area contributed by atoms with E-state index in [2.05, 4.69) is 20.8 Å². The van der Waals surface area contributed by atoms with Crippen LogP contribution in [0.15, 0.2) is 4.52 Å². The van der Waals surface area contributed by atoms with Crippen LogP contribution in [0.3, 0.4) is 0 Å². The van der Waals surface area contributed by atoms with Crippen molar-refractivity contribution in [2.75, 3.05) is 6.54 Å². The van der Waals surface area contributed by atoms with E-state index in [-0.39, 0.29) is 17.5 Å². The minimum absolute atomic E-state index is 0.0288. The lowest BCUT2D eigenvalue weighted by atomic mass is 9.83. The van der Waals surface area contributed by atoms with Crippen LogP contribution < -0.4 is 10.6 Å². The number of fused-ring (bicyclic) bond motifs is 2. The first kappa shape index (κ1) is 16.1. The van der Waals surface area contributed by atoms with Gasteiger partial charge in [0.2, 0.25) is 11.8 Å². The lowest BCUT2D eigenvalue weighted by molar-refractivity contribution is -0.131. The topological polar surface area (TPSA) is 80.0 Å². The summed E-state index contributed by atoms with van der Waals surface area (Å²) in [4.78, 5) is 17.2. The lowest BCUT2D eigenvalue weighted by Gasteiger charge is -2.29. The number of nitrogens with zero attached hydrogens (tertiary/aromatic N) is 2. The van der Waals surface area contributed by atoms with E-state index in [1.54, 1.807) is 6.92 Å². The Kier molecular flexibility index (Phi) is 4.11. The lowest BCUT2D eigenvalue weighted by Crippen LogP contribution is -2.49. The monoisotopic (exact) mass is 332 g/mol. The van der Waals surface area contributed by atoms with Gasteiger partial charge in [0.05, 0.1) is 6.04 Å². The Balaban J connectivity index is 1.34. The summed E-state index contributed by atoms with van der Waals surface area (Å²) in [5, 5.41) is 10.8. The minimum atomic E-state index is -0.0474. The smallest absolute Gasteiger partial charge is 0.226 e. The summed E-state index contributed by atoms with van der Waals surface area (Å²) in [7, 11) is 0. The fourth-order valence-corrected chi connectivity index (χ4v) is 4.55. The maximum Gasteiger partial charge on any atom is 0.226 e. The van der Waals surface area contributed by atoms with Gasteiger partial charge in [-0.1, -0.05) is 5.16 Å². The molecule has 0 spiro atoms. The van der Waals surface area contributed by atoms with Gasteiger partial charge in [-0.2, -0.15) is 4.98 Å². The van der Waals surface area contributed by atoms with E-state index in [1.165, 1.54) is 25.7 Å². The van der Waals surface area contributed by atoms with Gasteiger partial charge in [0.1, 0.15) is 0 Å². The number of aromatic nitrogens is 2. The van der Waals surface area contributed by atoms with E-state index in [0.717, 1.165) is 31.7 Å². The molecule has 3 saturated carbocycles. The van der Waals surface area contributed by atoms with Gasteiger partial charge < -0.3 is 15.2 Å². The predicted molar refractivity (Wildman–Crippen MR) is 89.1 cm³/mol. The Morgan fingerprint density at radius 2 is 2.08 bits per heavy atom. The highest BCUT2D eigenvalue weighted by atomic mass is 16.5. The van der Waals surface area contributed by atoms with Gasteiger partial charge in [0.15, 0.2) is 5.82 Å². The molecule has 2 bridgehead atoms. The van der Waals surface area contributed by atoms with Crippen molar-refractivity contribution in [1.82, 2.24) is 20.8 Å². The highest BCUT2D eigenvalue weighted by Gasteiger charge is 2.50. The van der Waals surface area contributed by atoms with Crippen LogP contribution >= 0.6 is 0 Å². The highest BCUT2D eigenvalue weighted by Crippen LogP contribution is 2.54. The molecule has 24 heavy (non-hydrogen) atoms. The summed E-state index contributed by atoms with van der Waals surface area (Å²) >= 11 is 0. The molecule has 2 N–H and O–H groups in total. The second-order valence-electron chi connectivity index (χ2n) is 8.15. The molecule has 3 aliphatic carbocycles. The third-order valence-corrected chi connectivity index (χ3v) is 6.31. The van der Waals surface area contributed by atoms with Crippen molar-refractivity contribution in [3.8, 4) is 0 Å². The molecule has 1 heterocycles. The van der Waals surface area contributed by atoms with Crippen molar-refractivity contribution in [3.63, 3.8) is 0 Å². The van der Waals surface area contributed by atoms with E-state index < -0.39 is 0 Å². The predicted octanol–water partition coefficient (Wildman–Crippen LogP) is 2.50. The second kappa shape index (κ2) is 6.14. The SMILES string of the molecule is Cc1nc([C@@H](C)NC[C@@H](NC(=O)C23CCC(CC2)C3)C2CC2)no1. The van der Waals surface area contributed by atoms with E-state index in [9.17, 15) is 4.79 Å². The zero-order valence-corrected chi connectivity index (χ0v) is 14.7. The number of nitrogens with one attached hydrogen (secondary N) is 2. The minimum Gasteiger partial charge on any atom is -0.351 e. The van der Waals surface area contributed by atoms with Crippen molar-refractivity contribution in [2.24, 2.45) is 17.3 Å². The number of carbonyl (C=O) groups excluding carboxylic acids is 1. The highest BCUT2D eigenvalue weighted by molar-refractivity contribution is 5.83. The Morgan fingerprint density at radius 1 is 1.33 bits per heavy atom. The quantitative estimate of drug-likeness (QED) is 0.802. The molecular formula is C18H28N4O2. The zero-order valence-electron chi connectivity index (χ0n) is 14.7. The number of amides is 1. The largest absolute Gasteiger partial charge is 0.351 e. The molecule has 1 amide bonds. The summed E-state index contributed by atoms with van der Waals surface area (Å²) < 4.78 is 5.05. The fraction of sp³-hybridized carbons (Fsp3) is 0.833. The van der Waals surface area contributed by atoms with Crippen molar-refractivity contribution in [2.45, 2.75) is 70.9 Å². The summed E-state index contributed by atoms with van der Waals surface area (Å²) in [6.45, 7) is 4.60. The maximum absolute atomic E-state index is 12.9. The number of hydrogen-bond donors (Lipinski definition) is 2. The molecule has 0 radical (unpaired) electrons. The third-order valence-electron chi connectivity index (χ3n) is 6.31. The first-order valence-corrected chi connectivity index (χ1v) is 9.40. The standard InChI is InChI=1S/C18H28N4O2/c1-11(16-20-12(2)24-22-16)19-10-15(14-3-4-14)21-17(23)18-7-5-13(9-18)6-8-18/h11,13-15,19H,3-10H2,1-2H3,(H,21,23)/t11-,13?,15-,18?/m1/s1. The van der Waals surface area contributed by atoms with Crippen LogP contribution in [0.1, 0.15) is 69.6 Å². The molecule has 2 atom stereocenters. The van der Waals surface area contributed by atoms with Crippen LogP contribution in [0, 0.1) is 24.2 Å². The summed E-state index contributed by atoms with van der Waals surface area (Å²) in [5.74, 6) is 3.00. The molecule has 132 valence electrons. The van der Waals surface area contributed by atoms with Gasteiger partial charge in [0.25, 0.3) is 0 Å². The molecule has 0 aromatic carbocycles. The number of aryl methyl sites for hydroxylation is 1. The first-order valence-electron chi connectivity index (χ1n) is 9.40. The molecule has 6 nitrogen and oxygen atoms in total. The molecule has 0 saturated heterocycles. The van der Waals surface area contributed by atoms with Gasteiger partial charge in [-0.15, -0.1) is 0 Å². The number of rotatable bonds is 7. The molecular weight excluding hydrogens is 304 g/mol. The Labute approximate surface area is 143 Å². The van der Waals surface area contributed by atoms with Gasteiger partial charge in [0, 0.05) is 24.9 Å². The second-order valence-corrected chi connectivity index (χ2v) is 8.15. The normalized spacial score (nSPS) is 31.2. The van der Waals surface area contributed by atoms with Crippen LogP contribution in [0.25, 0.3) is 0 Å². The Hall–Kier alpha value is -1.43. The molecule has 1 aromatic rings. The van der Waals surface area contributed by atoms with Crippen LogP contribution in [0.2, 0.25) is 0 Å².